The maximum atomic E-state index is 5.88. The van der Waals surface area contributed by atoms with Crippen LogP contribution < -0.4 is 5.32 Å². The molecule has 0 saturated heterocycles. The number of nitrogens with one attached hydrogen (secondary N) is 1. The average Bonchev–Trinajstić information content (AvgIpc) is 2.22. The van der Waals surface area contributed by atoms with Crippen molar-refractivity contribution < 1.29 is 9.47 Å². The molecular weight excluding hydrogens is 214 g/mol. The molecule has 0 atom stereocenters. The summed E-state index contributed by atoms with van der Waals surface area (Å²) in [5, 5.41) is 3.34. The minimum atomic E-state index is -0.217. The molecule has 0 fully saturated rings. The molecule has 0 aromatic heterocycles. The molecule has 0 aliphatic carbocycles. The summed E-state index contributed by atoms with van der Waals surface area (Å²) in [5.41, 5.74) is -0.276. The molecule has 3 nitrogen and oxygen atoms in total. The molecule has 3 heteroatoms. The molecular formula is C14H31NO2. The van der Waals surface area contributed by atoms with Crippen molar-refractivity contribution in [2.75, 3.05) is 19.8 Å². The Kier molecular flexibility index (Phi) is 7.29. The average molecular weight is 245 g/mol. The minimum Gasteiger partial charge on any atom is -0.373 e. The van der Waals surface area contributed by atoms with Crippen LogP contribution in [0.15, 0.2) is 0 Å². The summed E-state index contributed by atoms with van der Waals surface area (Å²) in [6, 6.07) is 0.511. The summed E-state index contributed by atoms with van der Waals surface area (Å²) < 4.78 is 11.7. The van der Waals surface area contributed by atoms with Crippen molar-refractivity contribution in [2.45, 2.75) is 72.1 Å². The highest BCUT2D eigenvalue weighted by Crippen LogP contribution is 2.18. The zero-order chi connectivity index (χ0) is 13.5. The molecule has 17 heavy (non-hydrogen) atoms. The Hall–Kier alpha value is -0.120. The molecule has 0 radical (unpaired) electrons. The summed E-state index contributed by atoms with van der Waals surface area (Å²) in [7, 11) is 0. The van der Waals surface area contributed by atoms with E-state index < -0.39 is 0 Å². The Morgan fingerprint density at radius 1 is 1.00 bits per heavy atom. The van der Waals surface area contributed by atoms with E-state index in [0.29, 0.717) is 12.6 Å². The Morgan fingerprint density at radius 2 is 1.59 bits per heavy atom. The fourth-order valence-electron chi connectivity index (χ4n) is 1.19. The van der Waals surface area contributed by atoms with Gasteiger partial charge in [0.1, 0.15) is 0 Å². The summed E-state index contributed by atoms with van der Waals surface area (Å²) >= 11 is 0. The number of rotatable bonds is 9. The highest BCUT2D eigenvalue weighted by atomic mass is 16.6. The lowest BCUT2D eigenvalue weighted by Gasteiger charge is -2.31. The summed E-state index contributed by atoms with van der Waals surface area (Å²) in [6.07, 6.45) is 1.01. The lowest BCUT2D eigenvalue weighted by Crippen LogP contribution is -2.38. The molecule has 1 N–H and O–H groups in total. The summed E-state index contributed by atoms with van der Waals surface area (Å²) in [5.74, 6) is 0. The van der Waals surface area contributed by atoms with Crippen molar-refractivity contribution in [1.29, 1.82) is 0 Å². The van der Waals surface area contributed by atoms with Crippen LogP contribution in [0, 0.1) is 0 Å². The lowest BCUT2D eigenvalue weighted by molar-refractivity contribution is -0.120. The second-order valence-electron chi connectivity index (χ2n) is 6.12. The van der Waals surface area contributed by atoms with Gasteiger partial charge in [-0.05, 0) is 34.1 Å². The Morgan fingerprint density at radius 3 is 2.06 bits per heavy atom. The number of hydrogen-bond donors (Lipinski definition) is 1. The fourth-order valence-corrected chi connectivity index (χ4v) is 1.19. The molecule has 0 unspecified atom stereocenters. The second kappa shape index (κ2) is 7.34. The van der Waals surface area contributed by atoms with Crippen LogP contribution in [0.25, 0.3) is 0 Å². The molecule has 0 amide bonds. The zero-order valence-electron chi connectivity index (χ0n) is 12.7. The second-order valence-corrected chi connectivity index (χ2v) is 6.12. The van der Waals surface area contributed by atoms with Crippen LogP contribution in [0.3, 0.4) is 0 Å². The van der Waals surface area contributed by atoms with E-state index in [1.807, 2.05) is 0 Å². The third-order valence-corrected chi connectivity index (χ3v) is 2.81. The molecule has 0 rings (SSSR count). The van der Waals surface area contributed by atoms with Gasteiger partial charge < -0.3 is 14.8 Å². The van der Waals surface area contributed by atoms with Crippen LogP contribution in [0.4, 0.5) is 0 Å². The van der Waals surface area contributed by atoms with Gasteiger partial charge in [0.05, 0.1) is 24.4 Å². The van der Waals surface area contributed by atoms with E-state index >= 15 is 0 Å². The first-order chi connectivity index (χ1) is 7.68. The fraction of sp³-hybridized carbons (Fsp3) is 1.00. The van der Waals surface area contributed by atoms with E-state index in [1.54, 1.807) is 0 Å². The highest BCUT2D eigenvalue weighted by Gasteiger charge is 2.24. The van der Waals surface area contributed by atoms with Gasteiger partial charge in [-0.25, -0.2) is 0 Å². The standard InChI is InChI=1S/C14H31NO2/c1-8-13(4,5)17-11-14(6,7)16-10-9-15-12(2)3/h12,15H,8-11H2,1-7H3. The Balaban J connectivity index is 3.80. The van der Waals surface area contributed by atoms with Gasteiger partial charge in [-0.2, -0.15) is 0 Å². The topological polar surface area (TPSA) is 30.5 Å². The van der Waals surface area contributed by atoms with Crippen molar-refractivity contribution in [3.63, 3.8) is 0 Å². The molecule has 0 spiro atoms. The van der Waals surface area contributed by atoms with Crippen LogP contribution in [-0.2, 0) is 9.47 Å². The summed E-state index contributed by atoms with van der Waals surface area (Å²) in [6.45, 7) is 17.0. The Bertz CT molecular complexity index is 200. The first kappa shape index (κ1) is 16.9. The highest BCUT2D eigenvalue weighted by molar-refractivity contribution is 4.73. The normalized spacial score (nSPS) is 13.4. The molecule has 0 saturated carbocycles. The summed E-state index contributed by atoms with van der Waals surface area (Å²) in [4.78, 5) is 0. The number of hydrogen-bond acceptors (Lipinski definition) is 3. The van der Waals surface area contributed by atoms with E-state index in [-0.39, 0.29) is 11.2 Å². The molecule has 0 aromatic rings. The molecule has 0 aliphatic rings. The largest absolute Gasteiger partial charge is 0.373 e. The zero-order valence-corrected chi connectivity index (χ0v) is 12.7. The monoisotopic (exact) mass is 245 g/mol. The van der Waals surface area contributed by atoms with Crippen LogP contribution in [0.2, 0.25) is 0 Å². The molecule has 0 aromatic carbocycles. The van der Waals surface area contributed by atoms with Crippen molar-refractivity contribution in [1.82, 2.24) is 5.32 Å². The van der Waals surface area contributed by atoms with Gasteiger partial charge in [-0.3, -0.25) is 0 Å². The van der Waals surface area contributed by atoms with Crippen LogP contribution >= 0.6 is 0 Å². The quantitative estimate of drug-likeness (QED) is 0.633. The van der Waals surface area contributed by atoms with Gasteiger partial charge in [-0.15, -0.1) is 0 Å². The van der Waals surface area contributed by atoms with Gasteiger partial charge in [0, 0.05) is 12.6 Å². The van der Waals surface area contributed by atoms with Crippen molar-refractivity contribution in [2.24, 2.45) is 0 Å². The molecule has 104 valence electrons. The van der Waals surface area contributed by atoms with E-state index in [0.717, 1.165) is 19.6 Å². The van der Waals surface area contributed by atoms with Gasteiger partial charge >= 0.3 is 0 Å². The maximum absolute atomic E-state index is 5.88. The smallest absolute Gasteiger partial charge is 0.0859 e. The van der Waals surface area contributed by atoms with Crippen molar-refractivity contribution in [3.05, 3.63) is 0 Å². The van der Waals surface area contributed by atoms with Crippen LogP contribution in [0.5, 0.6) is 0 Å². The maximum Gasteiger partial charge on any atom is 0.0859 e. The molecule has 0 heterocycles. The van der Waals surface area contributed by atoms with E-state index in [2.05, 4.69) is 53.8 Å². The first-order valence-electron chi connectivity index (χ1n) is 6.70. The SMILES string of the molecule is CCC(C)(C)OCC(C)(C)OCCNC(C)C. The Labute approximate surface area is 107 Å². The minimum absolute atomic E-state index is 0.0587. The van der Waals surface area contributed by atoms with Crippen LogP contribution in [0.1, 0.15) is 54.9 Å². The van der Waals surface area contributed by atoms with Crippen molar-refractivity contribution in [3.8, 4) is 0 Å². The third kappa shape index (κ3) is 9.57. The predicted molar refractivity (Wildman–Crippen MR) is 73.5 cm³/mol. The van der Waals surface area contributed by atoms with Gasteiger partial charge in [-0.1, -0.05) is 20.8 Å². The van der Waals surface area contributed by atoms with Crippen LogP contribution in [-0.4, -0.2) is 37.0 Å². The predicted octanol–water partition coefficient (Wildman–Crippen LogP) is 2.98. The first-order valence-corrected chi connectivity index (χ1v) is 6.70. The lowest BCUT2D eigenvalue weighted by atomic mass is 10.1. The molecule has 0 bridgehead atoms. The van der Waals surface area contributed by atoms with E-state index in [1.165, 1.54) is 0 Å². The van der Waals surface area contributed by atoms with Gasteiger partial charge in [0.15, 0.2) is 0 Å². The van der Waals surface area contributed by atoms with Gasteiger partial charge in [0.2, 0.25) is 0 Å². The molecule has 0 aliphatic heterocycles. The van der Waals surface area contributed by atoms with Gasteiger partial charge in [0.25, 0.3) is 0 Å². The number of ether oxygens (including phenoxy) is 2. The van der Waals surface area contributed by atoms with E-state index in [9.17, 15) is 0 Å². The van der Waals surface area contributed by atoms with Crippen molar-refractivity contribution >= 4 is 0 Å². The van der Waals surface area contributed by atoms with E-state index in [4.69, 9.17) is 9.47 Å². The third-order valence-electron chi connectivity index (χ3n) is 2.81.